The second kappa shape index (κ2) is 7.09. The molecule has 1 aliphatic rings. The van der Waals surface area contributed by atoms with Crippen LogP contribution in [-0.4, -0.2) is 9.55 Å². The van der Waals surface area contributed by atoms with Gasteiger partial charge in [0.25, 0.3) is 0 Å². The zero-order valence-electron chi connectivity index (χ0n) is 12.5. The molecule has 1 fully saturated rings. The molecular weight excluding hydrogens is 234 g/mol. The second-order valence-electron chi connectivity index (χ2n) is 6.07. The number of hydrogen-bond donors (Lipinski definition) is 1. The first kappa shape index (κ1) is 14.6. The van der Waals surface area contributed by atoms with E-state index in [2.05, 4.69) is 29.6 Å². The Morgan fingerprint density at radius 2 is 2.00 bits per heavy atom. The van der Waals surface area contributed by atoms with Crippen molar-refractivity contribution in [3.05, 3.63) is 18.2 Å². The minimum Gasteiger partial charge on any atom is -0.334 e. The Morgan fingerprint density at radius 3 is 2.63 bits per heavy atom. The molecule has 1 heterocycles. The smallest absolute Gasteiger partial charge is 0.125 e. The molecule has 2 N–H and O–H groups in total. The maximum atomic E-state index is 6.48. The van der Waals surface area contributed by atoms with E-state index in [-0.39, 0.29) is 6.04 Å². The molecule has 0 aromatic carbocycles. The van der Waals surface area contributed by atoms with Gasteiger partial charge in [0.2, 0.25) is 0 Å². The van der Waals surface area contributed by atoms with Crippen LogP contribution in [0, 0.1) is 11.8 Å². The minimum atomic E-state index is 0.129. The number of aromatic nitrogens is 2. The summed E-state index contributed by atoms with van der Waals surface area (Å²) in [4.78, 5) is 4.50. The van der Waals surface area contributed by atoms with Crippen LogP contribution in [0.3, 0.4) is 0 Å². The number of nitrogens with two attached hydrogens (primary N) is 1. The summed E-state index contributed by atoms with van der Waals surface area (Å²) in [5.74, 6) is 2.68. The van der Waals surface area contributed by atoms with Crippen molar-refractivity contribution in [3.63, 3.8) is 0 Å². The van der Waals surface area contributed by atoms with Crippen molar-refractivity contribution in [1.82, 2.24) is 9.55 Å². The minimum absolute atomic E-state index is 0.129. The van der Waals surface area contributed by atoms with Crippen molar-refractivity contribution in [3.8, 4) is 0 Å². The molecule has 1 aromatic rings. The predicted molar refractivity (Wildman–Crippen MR) is 79.8 cm³/mol. The Hall–Kier alpha value is -0.830. The molecule has 0 radical (unpaired) electrons. The van der Waals surface area contributed by atoms with Gasteiger partial charge in [-0.3, -0.25) is 0 Å². The standard InChI is InChI=1S/C16H29N3/c1-3-5-13-6-8-14(9-7-13)15(17)16-18-10-12-19(16)11-4-2/h10,12-15H,3-9,11,17H2,1-2H3. The molecule has 0 amide bonds. The van der Waals surface area contributed by atoms with Crippen LogP contribution in [0.25, 0.3) is 0 Å². The van der Waals surface area contributed by atoms with E-state index in [4.69, 9.17) is 5.73 Å². The number of hydrogen-bond acceptors (Lipinski definition) is 2. The lowest BCUT2D eigenvalue weighted by molar-refractivity contribution is 0.228. The molecular formula is C16H29N3. The van der Waals surface area contributed by atoms with Crippen LogP contribution in [0.4, 0.5) is 0 Å². The van der Waals surface area contributed by atoms with Crippen LogP contribution in [0.2, 0.25) is 0 Å². The average molecular weight is 263 g/mol. The Bertz CT molecular complexity index is 364. The van der Waals surface area contributed by atoms with Crippen molar-refractivity contribution >= 4 is 0 Å². The molecule has 2 rings (SSSR count). The van der Waals surface area contributed by atoms with E-state index in [0.29, 0.717) is 5.92 Å². The number of rotatable bonds is 6. The van der Waals surface area contributed by atoms with Crippen molar-refractivity contribution in [2.45, 2.75) is 71.4 Å². The summed E-state index contributed by atoms with van der Waals surface area (Å²) in [5.41, 5.74) is 6.48. The van der Waals surface area contributed by atoms with Gasteiger partial charge in [-0.05, 0) is 31.1 Å². The summed E-state index contributed by atoms with van der Waals surface area (Å²) in [7, 11) is 0. The average Bonchev–Trinajstić information content (AvgIpc) is 2.88. The van der Waals surface area contributed by atoms with Crippen LogP contribution in [0.5, 0.6) is 0 Å². The normalized spacial score (nSPS) is 25.4. The van der Waals surface area contributed by atoms with Gasteiger partial charge in [-0.25, -0.2) is 4.98 Å². The summed E-state index contributed by atoms with van der Waals surface area (Å²) < 4.78 is 2.24. The summed E-state index contributed by atoms with van der Waals surface area (Å²) in [6.07, 6.45) is 13.1. The lowest BCUT2D eigenvalue weighted by Crippen LogP contribution is -2.28. The van der Waals surface area contributed by atoms with Crippen LogP contribution < -0.4 is 5.73 Å². The first-order valence-corrected chi connectivity index (χ1v) is 8.02. The summed E-state index contributed by atoms with van der Waals surface area (Å²) in [5, 5.41) is 0. The Labute approximate surface area is 117 Å². The molecule has 0 saturated heterocycles. The van der Waals surface area contributed by atoms with Crippen molar-refractivity contribution < 1.29 is 0 Å². The molecule has 0 bridgehead atoms. The number of aryl methyl sites for hydroxylation is 1. The molecule has 108 valence electrons. The molecule has 1 aliphatic carbocycles. The highest BCUT2D eigenvalue weighted by atomic mass is 15.1. The zero-order valence-corrected chi connectivity index (χ0v) is 12.5. The van der Waals surface area contributed by atoms with E-state index in [0.717, 1.165) is 24.7 Å². The second-order valence-corrected chi connectivity index (χ2v) is 6.07. The van der Waals surface area contributed by atoms with E-state index in [1.165, 1.54) is 38.5 Å². The third-order valence-corrected chi connectivity index (χ3v) is 4.61. The highest BCUT2D eigenvalue weighted by molar-refractivity contribution is 5.01. The summed E-state index contributed by atoms with van der Waals surface area (Å²) in [6, 6.07) is 0.129. The van der Waals surface area contributed by atoms with Crippen LogP contribution in [0.15, 0.2) is 12.4 Å². The third-order valence-electron chi connectivity index (χ3n) is 4.61. The quantitative estimate of drug-likeness (QED) is 0.846. The monoisotopic (exact) mass is 263 g/mol. The van der Waals surface area contributed by atoms with E-state index in [1.807, 2.05) is 6.20 Å². The largest absolute Gasteiger partial charge is 0.334 e. The molecule has 0 spiro atoms. The molecule has 1 unspecified atom stereocenters. The first-order valence-electron chi connectivity index (χ1n) is 8.02. The Balaban J connectivity index is 1.93. The van der Waals surface area contributed by atoms with E-state index in [9.17, 15) is 0 Å². The van der Waals surface area contributed by atoms with Crippen molar-refractivity contribution in [2.24, 2.45) is 17.6 Å². The maximum Gasteiger partial charge on any atom is 0.125 e. The number of nitrogens with zero attached hydrogens (tertiary/aromatic N) is 2. The molecule has 1 saturated carbocycles. The van der Waals surface area contributed by atoms with Crippen LogP contribution >= 0.6 is 0 Å². The van der Waals surface area contributed by atoms with Gasteiger partial charge in [0, 0.05) is 18.9 Å². The fourth-order valence-corrected chi connectivity index (χ4v) is 3.50. The third kappa shape index (κ3) is 3.59. The topological polar surface area (TPSA) is 43.8 Å². The fraction of sp³-hybridized carbons (Fsp3) is 0.812. The maximum absolute atomic E-state index is 6.48. The molecule has 1 atom stereocenters. The first-order chi connectivity index (χ1) is 9.26. The van der Waals surface area contributed by atoms with E-state index in [1.54, 1.807) is 0 Å². The highest BCUT2D eigenvalue weighted by Crippen LogP contribution is 2.36. The number of imidazole rings is 1. The molecule has 0 aliphatic heterocycles. The Kier molecular flexibility index (Phi) is 5.44. The molecule has 3 nitrogen and oxygen atoms in total. The zero-order chi connectivity index (χ0) is 13.7. The van der Waals surface area contributed by atoms with E-state index < -0.39 is 0 Å². The van der Waals surface area contributed by atoms with Gasteiger partial charge in [-0.2, -0.15) is 0 Å². The van der Waals surface area contributed by atoms with Gasteiger partial charge in [0.1, 0.15) is 5.82 Å². The van der Waals surface area contributed by atoms with Crippen molar-refractivity contribution in [2.75, 3.05) is 0 Å². The summed E-state index contributed by atoms with van der Waals surface area (Å²) >= 11 is 0. The van der Waals surface area contributed by atoms with Crippen molar-refractivity contribution in [1.29, 1.82) is 0 Å². The summed E-state index contributed by atoms with van der Waals surface area (Å²) in [6.45, 7) is 5.53. The van der Waals surface area contributed by atoms with Gasteiger partial charge in [-0.15, -0.1) is 0 Å². The molecule has 1 aromatic heterocycles. The lowest BCUT2D eigenvalue weighted by atomic mass is 9.77. The van der Waals surface area contributed by atoms with Gasteiger partial charge in [0.05, 0.1) is 6.04 Å². The highest BCUT2D eigenvalue weighted by Gasteiger charge is 2.28. The Morgan fingerprint density at radius 1 is 1.26 bits per heavy atom. The molecule has 3 heteroatoms. The predicted octanol–water partition coefficient (Wildman–Crippen LogP) is 3.90. The van der Waals surface area contributed by atoms with Crippen LogP contribution in [0.1, 0.15) is 70.7 Å². The van der Waals surface area contributed by atoms with Crippen LogP contribution in [-0.2, 0) is 6.54 Å². The van der Waals surface area contributed by atoms with Gasteiger partial charge >= 0.3 is 0 Å². The van der Waals surface area contributed by atoms with Gasteiger partial charge < -0.3 is 10.3 Å². The van der Waals surface area contributed by atoms with E-state index >= 15 is 0 Å². The fourth-order valence-electron chi connectivity index (χ4n) is 3.50. The van der Waals surface area contributed by atoms with Gasteiger partial charge in [0.15, 0.2) is 0 Å². The molecule has 19 heavy (non-hydrogen) atoms. The lowest BCUT2D eigenvalue weighted by Gasteiger charge is -2.32. The SMILES string of the molecule is CCCC1CCC(C(N)c2nccn2CCC)CC1. The van der Waals surface area contributed by atoms with Gasteiger partial charge in [-0.1, -0.05) is 39.5 Å².